The number of alkyl halides is 3. The number of aromatic amines is 1. The second-order valence-electron chi connectivity index (χ2n) is 2.36. The minimum absolute atomic E-state index is 0.252. The van der Waals surface area contributed by atoms with Crippen LogP contribution in [0.5, 0.6) is 5.75 Å². The summed E-state index contributed by atoms with van der Waals surface area (Å²) < 4.78 is 24.4. The predicted molar refractivity (Wildman–Crippen MR) is 46.3 cm³/mol. The lowest BCUT2D eigenvalue weighted by Crippen LogP contribution is -2.10. The molecule has 1 aromatic rings. The summed E-state index contributed by atoms with van der Waals surface area (Å²) in [6.45, 7) is 0. The van der Waals surface area contributed by atoms with Crippen LogP contribution >= 0.6 is 15.9 Å². The molecule has 0 aromatic carbocycles. The average Bonchev–Trinajstić information content (AvgIpc) is 2.09. The first-order valence-corrected chi connectivity index (χ1v) is 4.47. The minimum Gasteiger partial charge on any atom is -0.503 e. The molecule has 0 spiro atoms. The number of hydrogen-bond donors (Lipinski definition) is 2. The van der Waals surface area contributed by atoms with Crippen LogP contribution in [0.3, 0.4) is 0 Å². The fourth-order valence-corrected chi connectivity index (χ4v) is 1.17. The summed E-state index contributed by atoms with van der Waals surface area (Å²) in [6, 6.07) is 1.05. The molecule has 6 heteroatoms. The molecule has 0 aliphatic carbocycles. The Morgan fingerprint density at radius 3 is 2.69 bits per heavy atom. The second-order valence-corrected chi connectivity index (χ2v) is 2.92. The summed E-state index contributed by atoms with van der Waals surface area (Å²) in [6.07, 6.45) is -2.85. The number of H-pyrrole nitrogens is 1. The summed E-state index contributed by atoms with van der Waals surface area (Å²) in [5.41, 5.74) is -1.23. The van der Waals surface area contributed by atoms with Crippen LogP contribution < -0.4 is 5.56 Å². The predicted octanol–water partition coefficient (Wildman–Crippen LogP) is 1.91. The third-order valence-corrected chi connectivity index (χ3v) is 2.08. The van der Waals surface area contributed by atoms with E-state index in [9.17, 15) is 13.6 Å². The van der Waals surface area contributed by atoms with Crippen molar-refractivity contribution in [3.63, 3.8) is 0 Å². The molecule has 0 unspecified atom stereocenters. The summed E-state index contributed by atoms with van der Waals surface area (Å²) in [4.78, 5) is 13.1. The van der Waals surface area contributed by atoms with Gasteiger partial charge in [0.15, 0.2) is 5.75 Å². The van der Waals surface area contributed by atoms with Gasteiger partial charge in [-0.2, -0.15) is 0 Å². The zero-order chi connectivity index (χ0) is 10.0. The van der Waals surface area contributed by atoms with Gasteiger partial charge in [0.1, 0.15) is 0 Å². The van der Waals surface area contributed by atoms with E-state index in [0.717, 1.165) is 6.07 Å². The number of pyridine rings is 1. The van der Waals surface area contributed by atoms with E-state index in [1.807, 2.05) is 0 Å². The highest BCUT2D eigenvalue weighted by Crippen LogP contribution is 2.25. The van der Waals surface area contributed by atoms with E-state index in [0.29, 0.717) is 5.69 Å². The molecular weight excluding hydrogens is 248 g/mol. The topological polar surface area (TPSA) is 53.1 Å². The van der Waals surface area contributed by atoms with E-state index in [1.165, 1.54) is 0 Å². The van der Waals surface area contributed by atoms with Gasteiger partial charge in [0, 0.05) is 11.0 Å². The van der Waals surface area contributed by atoms with Crippen LogP contribution in [0.25, 0.3) is 0 Å². The summed E-state index contributed by atoms with van der Waals surface area (Å²) in [5.74, 6) is -0.917. The highest BCUT2D eigenvalue weighted by Gasteiger charge is 2.16. The van der Waals surface area contributed by atoms with Crippen molar-refractivity contribution in [3.8, 4) is 5.75 Å². The lowest BCUT2D eigenvalue weighted by atomic mass is 10.2. The summed E-state index contributed by atoms with van der Waals surface area (Å²) in [5, 5.41) is 9.20. The maximum atomic E-state index is 12.2. The fourth-order valence-electron chi connectivity index (χ4n) is 0.867. The van der Waals surface area contributed by atoms with Gasteiger partial charge in [0.05, 0.1) is 5.56 Å². The number of hydrogen-bond acceptors (Lipinski definition) is 2. The highest BCUT2D eigenvalue weighted by atomic mass is 79.9. The molecular formula is C7H6BrF2NO2. The third kappa shape index (κ3) is 2.06. The molecule has 0 saturated carbocycles. The van der Waals surface area contributed by atoms with Gasteiger partial charge < -0.3 is 10.1 Å². The smallest absolute Gasteiger partial charge is 0.290 e. The molecule has 0 radical (unpaired) electrons. The number of halogens is 3. The molecule has 0 saturated heterocycles. The van der Waals surface area contributed by atoms with Gasteiger partial charge in [-0.25, -0.2) is 8.78 Å². The molecule has 72 valence electrons. The van der Waals surface area contributed by atoms with Crippen molar-refractivity contribution in [2.75, 3.05) is 0 Å². The molecule has 0 amide bonds. The van der Waals surface area contributed by atoms with Crippen LogP contribution in [-0.4, -0.2) is 10.1 Å². The van der Waals surface area contributed by atoms with Gasteiger partial charge in [0.25, 0.3) is 12.0 Å². The molecule has 3 nitrogen and oxygen atoms in total. The largest absolute Gasteiger partial charge is 0.503 e. The quantitative estimate of drug-likeness (QED) is 0.792. The Bertz CT molecular complexity index is 364. The molecule has 0 aliphatic heterocycles. The van der Waals surface area contributed by atoms with Crippen molar-refractivity contribution in [3.05, 3.63) is 27.7 Å². The SMILES string of the molecule is O=c1[nH]c(CBr)cc(C(F)F)c1O. The fraction of sp³-hybridized carbons (Fsp3) is 0.286. The van der Waals surface area contributed by atoms with Crippen LogP contribution in [0, 0.1) is 0 Å². The molecule has 1 heterocycles. The molecule has 1 aromatic heterocycles. The van der Waals surface area contributed by atoms with Crippen molar-refractivity contribution in [2.24, 2.45) is 0 Å². The van der Waals surface area contributed by atoms with Crippen molar-refractivity contribution in [2.45, 2.75) is 11.8 Å². The standard InChI is InChI=1S/C7H6BrF2NO2/c8-2-3-1-4(6(9)10)5(12)7(13)11-3/h1,6,12H,2H2,(H,11,13). The Balaban J connectivity index is 3.33. The number of aromatic hydroxyl groups is 1. The van der Waals surface area contributed by atoms with Crippen molar-refractivity contribution < 1.29 is 13.9 Å². The zero-order valence-corrected chi connectivity index (χ0v) is 7.94. The second kappa shape index (κ2) is 3.87. The molecule has 13 heavy (non-hydrogen) atoms. The highest BCUT2D eigenvalue weighted by molar-refractivity contribution is 9.08. The van der Waals surface area contributed by atoms with E-state index >= 15 is 0 Å². The van der Waals surface area contributed by atoms with Crippen LogP contribution in [0.1, 0.15) is 17.7 Å². The van der Waals surface area contributed by atoms with E-state index < -0.39 is 23.3 Å². The Labute approximate surface area is 80.5 Å². The third-order valence-electron chi connectivity index (χ3n) is 1.47. The van der Waals surface area contributed by atoms with Crippen molar-refractivity contribution in [1.82, 2.24) is 4.98 Å². The molecule has 0 fully saturated rings. The number of nitrogens with one attached hydrogen (secondary N) is 1. The molecule has 0 atom stereocenters. The first-order chi connectivity index (χ1) is 6.06. The maximum absolute atomic E-state index is 12.2. The molecule has 0 aliphatic rings. The lowest BCUT2D eigenvalue weighted by Gasteiger charge is -2.03. The summed E-state index contributed by atoms with van der Waals surface area (Å²) in [7, 11) is 0. The number of rotatable bonds is 2. The first-order valence-electron chi connectivity index (χ1n) is 3.35. The van der Waals surface area contributed by atoms with Gasteiger partial charge in [-0.05, 0) is 6.07 Å². The van der Waals surface area contributed by atoms with Gasteiger partial charge in [0.2, 0.25) is 0 Å². The molecule has 2 N–H and O–H groups in total. The van der Waals surface area contributed by atoms with E-state index in [2.05, 4.69) is 20.9 Å². The first kappa shape index (κ1) is 10.2. The molecule has 1 rings (SSSR count). The number of aromatic nitrogens is 1. The Hall–Kier alpha value is -0.910. The normalized spacial score (nSPS) is 10.8. The molecule has 0 bridgehead atoms. The van der Waals surface area contributed by atoms with Gasteiger partial charge in [-0.1, -0.05) is 15.9 Å². The monoisotopic (exact) mass is 253 g/mol. The van der Waals surface area contributed by atoms with Gasteiger partial charge in [-0.15, -0.1) is 0 Å². The van der Waals surface area contributed by atoms with E-state index in [-0.39, 0.29) is 5.33 Å². The van der Waals surface area contributed by atoms with Crippen LogP contribution in [0.2, 0.25) is 0 Å². The van der Waals surface area contributed by atoms with Crippen molar-refractivity contribution >= 4 is 15.9 Å². The van der Waals surface area contributed by atoms with E-state index in [4.69, 9.17) is 5.11 Å². The van der Waals surface area contributed by atoms with Gasteiger partial charge >= 0.3 is 0 Å². The van der Waals surface area contributed by atoms with Crippen LogP contribution in [0.4, 0.5) is 8.78 Å². The average molecular weight is 254 g/mol. The summed E-state index contributed by atoms with van der Waals surface area (Å²) >= 11 is 3.00. The maximum Gasteiger partial charge on any atom is 0.290 e. The lowest BCUT2D eigenvalue weighted by molar-refractivity contribution is 0.147. The Morgan fingerprint density at radius 1 is 1.62 bits per heavy atom. The van der Waals surface area contributed by atoms with E-state index in [1.54, 1.807) is 0 Å². The van der Waals surface area contributed by atoms with Crippen LogP contribution in [0.15, 0.2) is 10.9 Å². The van der Waals surface area contributed by atoms with Crippen LogP contribution in [-0.2, 0) is 5.33 Å². The van der Waals surface area contributed by atoms with Gasteiger partial charge in [-0.3, -0.25) is 4.79 Å². The zero-order valence-electron chi connectivity index (χ0n) is 6.35. The Morgan fingerprint density at radius 2 is 2.23 bits per heavy atom. The van der Waals surface area contributed by atoms with Crippen molar-refractivity contribution in [1.29, 1.82) is 0 Å². The Kier molecular flexibility index (Phi) is 3.02. The minimum atomic E-state index is -2.85.